The van der Waals surface area contributed by atoms with Crippen LogP contribution in [-0.2, 0) is 7.05 Å². The lowest BCUT2D eigenvalue weighted by atomic mass is 10.3. The number of imidazole rings is 1. The molecule has 1 aromatic heterocycles. The van der Waals surface area contributed by atoms with Crippen molar-refractivity contribution in [3.8, 4) is 0 Å². The summed E-state index contributed by atoms with van der Waals surface area (Å²) in [7, 11) is 1.98. The van der Waals surface area contributed by atoms with E-state index in [4.69, 9.17) is 0 Å². The van der Waals surface area contributed by atoms with Crippen LogP contribution in [0.5, 0.6) is 0 Å². The predicted octanol–water partition coefficient (Wildman–Crippen LogP) is 2.49. The first-order valence-corrected chi connectivity index (χ1v) is 3.97. The first kappa shape index (κ1) is 8.78. The average molecular weight is 162 g/mol. The highest BCUT2D eigenvalue weighted by molar-refractivity contribution is 5.58. The Kier molecular flexibility index (Phi) is 2.48. The number of aryl methyl sites for hydroxylation is 1. The topological polar surface area (TPSA) is 17.8 Å². The molecule has 1 rings (SSSR count). The molecule has 1 heterocycles. The summed E-state index contributed by atoms with van der Waals surface area (Å²) in [6.07, 6.45) is 5.94. The number of nitrogens with zero attached hydrogens (tertiary/aromatic N) is 2. The Morgan fingerprint density at radius 1 is 1.67 bits per heavy atom. The third-order valence-corrected chi connectivity index (χ3v) is 1.67. The largest absolute Gasteiger partial charge is 0.334 e. The summed E-state index contributed by atoms with van der Waals surface area (Å²) in [5.74, 6) is 0.968. The SMILES string of the molecule is C=C(C)c1cn(C)c(/C=C\C)n1. The summed E-state index contributed by atoms with van der Waals surface area (Å²) in [6, 6.07) is 0. The van der Waals surface area contributed by atoms with Gasteiger partial charge in [-0.2, -0.15) is 0 Å². The molecule has 0 N–H and O–H groups in total. The zero-order chi connectivity index (χ0) is 9.14. The summed E-state index contributed by atoms with van der Waals surface area (Å²) in [5, 5.41) is 0. The van der Waals surface area contributed by atoms with Gasteiger partial charge in [0, 0.05) is 13.2 Å². The normalized spacial score (nSPS) is 10.9. The fourth-order valence-electron chi connectivity index (χ4n) is 0.990. The van der Waals surface area contributed by atoms with Crippen LogP contribution in [0.2, 0.25) is 0 Å². The van der Waals surface area contributed by atoms with Gasteiger partial charge in [-0.3, -0.25) is 0 Å². The monoisotopic (exact) mass is 162 g/mol. The number of aromatic nitrogens is 2. The van der Waals surface area contributed by atoms with Gasteiger partial charge in [0.05, 0.1) is 5.69 Å². The molecule has 0 aromatic carbocycles. The highest BCUT2D eigenvalue weighted by atomic mass is 15.0. The molecule has 0 aliphatic carbocycles. The molecule has 64 valence electrons. The summed E-state index contributed by atoms with van der Waals surface area (Å²) in [4.78, 5) is 4.38. The lowest BCUT2D eigenvalue weighted by Gasteiger charge is -1.90. The molecule has 0 aliphatic rings. The van der Waals surface area contributed by atoms with Gasteiger partial charge in [-0.25, -0.2) is 4.98 Å². The highest BCUT2D eigenvalue weighted by Crippen LogP contribution is 2.10. The van der Waals surface area contributed by atoms with Crippen LogP contribution in [-0.4, -0.2) is 9.55 Å². The number of rotatable bonds is 2. The molecular weight excluding hydrogens is 148 g/mol. The van der Waals surface area contributed by atoms with Gasteiger partial charge < -0.3 is 4.57 Å². The second-order valence-corrected chi connectivity index (χ2v) is 2.88. The van der Waals surface area contributed by atoms with Gasteiger partial charge in [0.15, 0.2) is 0 Å². The third kappa shape index (κ3) is 1.64. The van der Waals surface area contributed by atoms with E-state index in [1.54, 1.807) is 0 Å². The van der Waals surface area contributed by atoms with E-state index in [0.717, 1.165) is 17.1 Å². The molecule has 0 fully saturated rings. The molecule has 0 amide bonds. The molecule has 0 atom stereocenters. The van der Waals surface area contributed by atoms with E-state index in [9.17, 15) is 0 Å². The first-order chi connectivity index (χ1) is 5.65. The van der Waals surface area contributed by atoms with Crippen molar-refractivity contribution in [3.63, 3.8) is 0 Å². The van der Waals surface area contributed by atoms with Gasteiger partial charge in [0.25, 0.3) is 0 Å². The zero-order valence-corrected chi connectivity index (χ0v) is 7.83. The quantitative estimate of drug-likeness (QED) is 0.653. The van der Waals surface area contributed by atoms with Gasteiger partial charge >= 0.3 is 0 Å². The van der Waals surface area contributed by atoms with Crippen molar-refractivity contribution < 1.29 is 0 Å². The Hall–Kier alpha value is -1.31. The molecule has 1 aromatic rings. The van der Waals surface area contributed by atoms with Crippen LogP contribution >= 0.6 is 0 Å². The fourth-order valence-corrected chi connectivity index (χ4v) is 0.990. The minimum absolute atomic E-state index is 0.964. The number of hydrogen-bond donors (Lipinski definition) is 0. The van der Waals surface area contributed by atoms with E-state index in [2.05, 4.69) is 11.6 Å². The van der Waals surface area contributed by atoms with Gasteiger partial charge in [-0.05, 0) is 25.5 Å². The zero-order valence-electron chi connectivity index (χ0n) is 7.83. The first-order valence-electron chi connectivity index (χ1n) is 3.97. The maximum atomic E-state index is 4.38. The number of allylic oxidation sites excluding steroid dienone is 2. The summed E-state index contributed by atoms with van der Waals surface area (Å²) >= 11 is 0. The van der Waals surface area contributed by atoms with E-state index in [1.165, 1.54) is 0 Å². The highest BCUT2D eigenvalue weighted by Gasteiger charge is 2.01. The molecule has 0 saturated heterocycles. The molecule has 0 bridgehead atoms. The summed E-state index contributed by atoms with van der Waals surface area (Å²) < 4.78 is 1.99. The summed E-state index contributed by atoms with van der Waals surface area (Å²) in [6.45, 7) is 7.78. The van der Waals surface area contributed by atoms with Crippen molar-refractivity contribution in [3.05, 3.63) is 30.4 Å². The van der Waals surface area contributed by atoms with Gasteiger partial charge in [-0.1, -0.05) is 12.7 Å². The second kappa shape index (κ2) is 3.39. The maximum absolute atomic E-state index is 4.38. The molecule has 2 nitrogen and oxygen atoms in total. The lowest BCUT2D eigenvalue weighted by molar-refractivity contribution is 0.897. The van der Waals surface area contributed by atoms with Crippen LogP contribution in [0.1, 0.15) is 25.4 Å². The van der Waals surface area contributed by atoms with Crippen LogP contribution in [0.25, 0.3) is 11.6 Å². The molecule has 0 radical (unpaired) electrons. The minimum atomic E-state index is 0.964. The van der Waals surface area contributed by atoms with Crippen LogP contribution in [0.3, 0.4) is 0 Å². The lowest BCUT2D eigenvalue weighted by Crippen LogP contribution is -1.87. The van der Waals surface area contributed by atoms with Crippen molar-refractivity contribution >= 4 is 11.6 Å². The molecular formula is C10H14N2. The van der Waals surface area contributed by atoms with E-state index in [0.29, 0.717) is 0 Å². The Balaban J connectivity index is 3.08. The average Bonchev–Trinajstić information content (AvgIpc) is 2.34. The Bertz CT molecular complexity index is 319. The Morgan fingerprint density at radius 3 is 2.75 bits per heavy atom. The molecule has 0 spiro atoms. The Morgan fingerprint density at radius 2 is 2.33 bits per heavy atom. The second-order valence-electron chi connectivity index (χ2n) is 2.88. The van der Waals surface area contributed by atoms with Crippen molar-refractivity contribution in [2.24, 2.45) is 7.05 Å². The summed E-state index contributed by atoms with van der Waals surface area (Å²) in [5.41, 5.74) is 1.96. The van der Waals surface area contributed by atoms with Crippen molar-refractivity contribution in [2.75, 3.05) is 0 Å². The predicted molar refractivity (Wildman–Crippen MR) is 52.6 cm³/mol. The van der Waals surface area contributed by atoms with Crippen LogP contribution in [0.15, 0.2) is 18.9 Å². The minimum Gasteiger partial charge on any atom is -0.334 e. The molecule has 2 heteroatoms. The third-order valence-electron chi connectivity index (χ3n) is 1.67. The van der Waals surface area contributed by atoms with Crippen LogP contribution < -0.4 is 0 Å². The van der Waals surface area contributed by atoms with Crippen LogP contribution in [0.4, 0.5) is 0 Å². The van der Waals surface area contributed by atoms with Gasteiger partial charge in [0.2, 0.25) is 0 Å². The van der Waals surface area contributed by atoms with Crippen molar-refractivity contribution in [2.45, 2.75) is 13.8 Å². The molecule has 12 heavy (non-hydrogen) atoms. The fraction of sp³-hybridized carbons (Fsp3) is 0.300. The van der Waals surface area contributed by atoms with Gasteiger partial charge in [0.1, 0.15) is 5.82 Å². The molecule has 0 unspecified atom stereocenters. The van der Waals surface area contributed by atoms with Crippen LogP contribution in [0, 0.1) is 0 Å². The van der Waals surface area contributed by atoms with E-state index >= 15 is 0 Å². The van der Waals surface area contributed by atoms with Crippen molar-refractivity contribution in [1.29, 1.82) is 0 Å². The van der Waals surface area contributed by atoms with E-state index in [-0.39, 0.29) is 0 Å². The standard InChI is InChI=1S/C10H14N2/c1-5-6-10-11-9(8(2)3)7-12(10)4/h5-7H,2H2,1,3-4H3/b6-5-. The van der Waals surface area contributed by atoms with E-state index < -0.39 is 0 Å². The van der Waals surface area contributed by atoms with E-state index in [1.807, 2.05) is 43.8 Å². The molecule has 0 aliphatic heterocycles. The smallest absolute Gasteiger partial charge is 0.132 e. The molecule has 0 saturated carbocycles. The van der Waals surface area contributed by atoms with Crippen molar-refractivity contribution in [1.82, 2.24) is 9.55 Å². The van der Waals surface area contributed by atoms with Gasteiger partial charge in [-0.15, -0.1) is 0 Å². The number of hydrogen-bond acceptors (Lipinski definition) is 1. The maximum Gasteiger partial charge on any atom is 0.132 e. The Labute approximate surface area is 73.2 Å².